The SMILES string of the molecule is O=C(C#Cc1cccnc1)NCc1ccccc1. The van der Waals surface area contributed by atoms with Gasteiger partial charge in [-0.15, -0.1) is 0 Å². The molecule has 2 rings (SSSR count). The van der Waals surface area contributed by atoms with Gasteiger partial charge in [0.15, 0.2) is 0 Å². The Kier molecular flexibility index (Phi) is 4.10. The van der Waals surface area contributed by atoms with Gasteiger partial charge < -0.3 is 5.32 Å². The molecule has 18 heavy (non-hydrogen) atoms. The molecule has 1 aromatic heterocycles. The van der Waals surface area contributed by atoms with Gasteiger partial charge in [-0.3, -0.25) is 9.78 Å². The first-order valence-electron chi connectivity index (χ1n) is 5.58. The molecule has 88 valence electrons. The molecule has 1 heterocycles. The van der Waals surface area contributed by atoms with Crippen LogP contribution in [0.4, 0.5) is 0 Å². The molecule has 0 atom stereocenters. The van der Waals surface area contributed by atoms with Crippen molar-refractivity contribution < 1.29 is 4.79 Å². The molecular formula is C15H12N2O. The minimum absolute atomic E-state index is 0.289. The summed E-state index contributed by atoms with van der Waals surface area (Å²) in [5.74, 6) is 5.00. The van der Waals surface area contributed by atoms with Gasteiger partial charge >= 0.3 is 0 Å². The number of carbonyl (C=O) groups excluding carboxylic acids is 1. The van der Waals surface area contributed by atoms with Crippen LogP contribution in [-0.2, 0) is 11.3 Å². The zero-order chi connectivity index (χ0) is 12.6. The molecule has 3 nitrogen and oxygen atoms in total. The van der Waals surface area contributed by atoms with Crippen LogP contribution in [0.5, 0.6) is 0 Å². The minimum Gasteiger partial charge on any atom is -0.341 e. The van der Waals surface area contributed by atoms with Crippen molar-refractivity contribution in [3.05, 3.63) is 66.0 Å². The largest absolute Gasteiger partial charge is 0.341 e. The molecule has 0 aliphatic carbocycles. The minimum atomic E-state index is -0.289. The van der Waals surface area contributed by atoms with Crippen LogP contribution in [0.15, 0.2) is 54.9 Å². The topological polar surface area (TPSA) is 42.0 Å². The van der Waals surface area contributed by atoms with Gasteiger partial charge in [-0.05, 0) is 17.7 Å². The van der Waals surface area contributed by atoms with E-state index in [1.807, 2.05) is 36.4 Å². The summed E-state index contributed by atoms with van der Waals surface area (Å²) < 4.78 is 0. The number of carbonyl (C=O) groups is 1. The molecule has 0 fully saturated rings. The summed E-state index contributed by atoms with van der Waals surface area (Å²) in [4.78, 5) is 15.4. The molecular weight excluding hydrogens is 224 g/mol. The number of rotatable bonds is 2. The molecule has 0 saturated heterocycles. The summed E-state index contributed by atoms with van der Waals surface area (Å²) in [6, 6.07) is 13.3. The molecule has 0 unspecified atom stereocenters. The van der Waals surface area contributed by atoms with Crippen molar-refractivity contribution in [3.8, 4) is 11.8 Å². The maximum Gasteiger partial charge on any atom is 0.296 e. The lowest BCUT2D eigenvalue weighted by Crippen LogP contribution is -2.20. The lowest BCUT2D eigenvalue weighted by atomic mass is 10.2. The van der Waals surface area contributed by atoms with Crippen LogP contribution in [0.1, 0.15) is 11.1 Å². The van der Waals surface area contributed by atoms with E-state index in [2.05, 4.69) is 22.1 Å². The first-order chi connectivity index (χ1) is 8.84. The molecule has 0 bridgehead atoms. The number of nitrogens with zero attached hydrogens (tertiary/aromatic N) is 1. The van der Waals surface area contributed by atoms with Gasteiger partial charge in [0.1, 0.15) is 0 Å². The molecule has 1 amide bonds. The van der Waals surface area contributed by atoms with Crippen LogP contribution in [-0.4, -0.2) is 10.9 Å². The molecule has 2 aromatic rings. The van der Waals surface area contributed by atoms with Crippen LogP contribution in [0.25, 0.3) is 0 Å². The van der Waals surface area contributed by atoms with E-state index in [0.29, 0.717) is 6.54 Å². The van der Waals surface area contributed by atoms with Crippen molar-refractivity contribution in [2.45, 2.75) is 6.54 Å². The van der Waals surface area contributed by atoms with E-state index in [4.69, 9.17) is 0 Å². The molecule has 1 aromatic carbocycles. The number of hydrogen-bond donors (Lipinski definition) is 1. The van der Waals surface area contributed by atoms with Crippen molar-refractivity contribution in [3.63, 3.8) is 0 Å². The van der Waals surface area contributed by atoms with Crippen molar-refractivity contribution >= 4 is 5.91 Å². The third-order valence-electron chi connectivity index (χ3n) is 2.28. The fraction of sp³-hybridized carbons (Fsp3) is 0.0667. The normalized spacial score (nSPS) is 9.11. The van der Waals surface area contributed by atoms with Crippen molar-refractivity contribution in [2.24, 2.45) is 0 Å². The number of aromatic nitrogens is 1. The molecule has 0 saturated carbocycles. The summed E-state index contributed by atoms with van der Waals surface area (Å²) in [5, 5.41) is 2.74. The lowest BCUT2D eigenvalue weighted by molar-refractivity contribution is -0.115. The van der Waals surface area contributed by atoms with E-state index in [-0.39, 0.29) is 5.91 Å². The van der Waals surface area contributed by atoms with Crippen LogP contribution in [0.2, 0.25) is 0 Å². The highest BCUT2D eigenvalue weighted by Gasteiger charge is 1.95. The van der Waals surface area contributed by atoms with Gasteiger partial charge in [-0.2, -0.15) is 0 Å². The van der Waals surface area contributed by atoms with Crippen LogP contribution >= 0.6 is 0 Å². The lowest BCUT2D eigenvalue weighted by Gasteiger charge is -2.00. The third-order valence-corrected chi connectivity index (χ3v) is 2.28. The fourth-order valence-corrected chi connectivity index (χ4v) is 1.39. The van der Waals surface area contributed by atoms with Gasteiger partial charge in [-0.25, -0.2) is 0 Å². The van der Waals surface area contributed by atoms with Gasteiger partial charge in [0.25, 0.3) is 5.91 Å². The van der Waals surface area contributed by atoms with E-state index in [1.54, 1.807) is 18.5 Å². The Morgan fingerprint density at radius 1 is 1.17 bits per heavy atom. The quantitative estimate of drug-likeness (QED) is 0.807. The third kappa shape index (κ3) is 3.76. The summed E-state index contributed by atoms with van der Waals surface area (Å²) in [7, 11) is 0. The van der Waals surface area contributed by atoms with Crippen molar-refractivity contribution in [1.29, 1.82) is 0 Å². The average Bonchev–Trinajstić information content (AvgIpc) is 2.45. The Balaban J connectivity index is 1.89. The van der Waals surface area contributed by atoms with Gasteiger partial charge in [-0.1, -0.05) is 36.3 Å². The molecule has 0 spiro atoms. The Hall–Kier alpha value is -2.60. The Morgan fingerprint density at radius 2 is 2.00 bits per heavy atom. The highest BCUT2D eigenvalue weighted by molar-refractivity contribution is 5.93. The molecule has 3 heteroatoms. The summed E-state index contributed by atoms with van der Waals surface area (Å²) in [6.45, 7) is 0.487. The Labute approximate surface area is 106 Å². The number of hydrogen-bond acceptors (Lipinski definition) is 2. The van der Waals surface area contributed by atoms with Gasteiger partial charge in [0.2, 0.25) is 0 Å². The highest BCUT2D eigenvalue weighted by atomic mass is 16.1. The van der Waals surface area contributed by atoms with E-state index in [1.165, 1.54) is 0 Å². The van der Waals surface area contributed by atoms with Crippen molar-refractivity contribution in [2.75, 3.05) is 0 Å². The van der Waals surface area contributed by atoms with Crippen LogP contribution in [0.3, 0.4) is 0 Å². The standard InChI is InChI=1S/C15H12N2O/c18-15(9-8-14-7-4-10-16-11-14)17-12-13-5-2-1-3-6-13/h1-7,10-11H,12H2,(H,17,18). The second-order valence-corrected chi connectivity index (χ2v) is 3.66. The number of nitrogens with one attached hydrogen (secondary N) is 1. The van der Waals surface area contributed by atoms with Gasteiger partial charge in [0.05, 0.1) is 0 Å². The summed E-state index contributed by atoms with van der Waals surface area (Å²) in [6.07, 6.45) is 3.29. The van der Waals surface area contributed by atoms with E-state index < -0.39 is 0 Å². The smallest absolute Gasteiger partial charge is 0.296 e. The van der Waals surface area contributed by atoms with Crippen LogP contribution < -0.4 is 5.32 Å². The van der Waals surface area contributed by atoms with Crippen LogP contribution in [0, 0.1) is 11.8 Å². The first kappa shape index (κ1) is 11.9. The highest BCUT2D eigenvalue weighted by Crippen LogP contribution is 1.96. The zero-order valence-electron chi connectivity index (χ0n) is 9.76. The van der Waals surface area contributed by atoms with E-state index in [0.717, 1.165) is 11.1 Å². The van der Waals surface area contributed by atoms with Gasteiger partial charge in [0, 0.05) is 30.4 Å². The molecule has 0 aliphatic heterocycles. The van der Waals surface area contributed by atoms with E-state index >= 15 is 0 Å². The van der Waals surface area contributed by atoms with Crippen molar-refractivity contribution in [1.82, 2.24) is 10.3 Å². The Morgan fingerprint density at radius 3 is 2.72 bits per heavy atom. The monoisotopic (exact) mass is 236 g/mol. The predicted octanol–water partition coefficient (Wildman–Crippen LogP) is 1.75. The average molecular weight is 236 g/mol. The second-order valence-electron chi connectivity index (χ2n) is 3.66. The summed E-state index contributed by atoms with van der Waals surface area (Å²) in [5.41, 5.74) is 1.78. The zero-order valence-corrected chi connectivity index (χ0v) is 9.76. The molecule has 0 radical (unpaired) electrons. The van der Waals surface area contributed by atoms with E-state index in [9.17, 15) is 4.79 Å². The second kappa shape index (κ2) is 6.21. The maximum atomic E-state index is 11.5. The first-order valence-corrected chi connectivity index (χ1v) is 5.58. The molecule has 1 N–H and O–H groups in total. The fourth-order valence-electron chi connectivity index (χ4n) is 1.39. The maximum absolute atomic E-state index is 11.5. The number of benzene rings is 1. The predicted molar refractivity (Wildman–Crippen MR) is 69.4 cm³/mol. The Bertz CT molecular complexity index is 568. The summed E-state index contributed by atoms with van der Waals surface area (Å²) >= 11 is 0. The number of amides is 1. The molecule has 0 aliphatic rings. The number of pyridine rings is 1.